The van der Waals surface area contributed by atoms with Gasteiger partial charge in [-0.1, -0.05) is 12.1 Å². The molecule has 0 aliphatic rings. The number of rotatable bonds is 6. The van der Waals surface area contributed by atoms with Crippen molar-refractivity contribution >= 4 is 0 Å². The molecule has 0 radical (unpaired) electrons. The minimum absolute atomic E-state index is 0.226. The van der Waals surface area contributed by atoms with Crippen molar-refractivity contribution in [1.82, 2.24) is 15.0 Å². The van der Waals surface area contributed by atoms with Crippen LogP contribution in [0.1, 0.15) is 44.1 Å². The van der Waals surface area contributed by atoms with Gasteiger partial charge in [0.1, 0.15) is 0 Å². The second-order valence-electron chi connectivity index (χ2n) is 3.70. The fraction of sp³-hybridized carbons (Fsp3) is 0.800. The molecule has 0 aliphatic heterocycles. The van der Waals surface area contributed by atoms with Gasteiger partial charge in [0, 0.05) is 13.2 Å². The third-order valence-electron chi connectivity index (χ3n) is 2.60. The highest BCUT2D eigenvalue weighted by Gasteiger charge is 2.14. The standard InChI is InChI=1S/C10H20N4O/c1-3-10-9(7-11)12-13-14(10)8(2)5-4-6-15/h8,15H,3-7,11H2,1-2H3. The summed E-state index contributed by atoms with van der Waals surface area (Å²) in [6, 6.07) is 0.278. The van der Waals surface area contributed by atoms with Crippen molar-refractivity contribution in [3.63, 3.8) is 0 Å². The Hall–Kier alpha value is -0.940. The minimum atomic E-state index is 0.226. The van der Waals surface area contributed by atoms with Crippen LogP contribution in [0.5, 0.6) is 0 Å². The molecule has 86 valence electrons. The second kappa shape index (κ2) is 5.82. The molecule has 1 aromatic heterocycles. The Labute approximate surface area is 90.3 Å². The van der Waals surface area contributed by atoms with Gasteiger partial charge in [-0.3, -0.25) is 0 Å². The SMILES string of the molecule is CCc1c(CN)nnn1C(C)CCCO. The number of aliphatic hydroxyl groups excluding tert-OH is 1. The van der Waals surface area contributed by atoms with Crippen molar-refractivity contribution in [3.05, 3.63) is 11.4 Å². The summed E-state index contributed by atoms with van der Waals surface area (Å²) >= 11 is 0. The van der Waals surface area contributed by atoms with Crippen LogP contribution in [0.3, 0.4) is 0 Å². The summed E-state index contributed by atoms with van der Waals surface area (Å²) < 4.78 is 1.93. The van der Waals surface area contributed by atoms with Crippen LogP contribution >= 0.6 is 0 Å². The van der Waals surface area contributed by atoms with Crippen molar-refractivity contribution in [3.8, 4) is 0 Å². The van der Waals surface area contributed by atoms with E-state index in [2.05, 4.69) is 24.2 Å². The summed E-state index contributed by atoms with van der Waals surface area (Å²) in [4.78, 5) is 0. The summed E-state index contributed by atoms with van der Waals surface area (Å²) in [5.74, 6) is 0. The van der Waals surface area contributed by atoms with Gasteiger partial charge in [0.2, 0.25) is 0 Å². The molecule has 0 aliphatic carbocycles. The Morgan fingerprint density at radius 2 is 2.27 bits per heavy atom. The topological polar surface area (TPSA) is 77.0 Å². The van der Waals surface area contributed by atoms with E-state index in [1.807, 2.05) is 4.68 Å². The van der Waals surface area contributed by atoms with E-state index >= 15 is 0 Å². The molecule has 1 heterocycles. The van der Waals surface area contributed by atoms with Crippen LogP contribution in [0, 0.1) is 0 Å². The molecule has 0 bridgehead atoms. The number of hydrogen-bond acceptors (Lipinski definition) is 4. The van der Waals surface area contributed by atoms with Gasteiger partial charge in [-0.2, -0.15) is 0 Å². The van der Waals surface area contributed by atoms with Crippen molar-refractivity contribution in [2.75, 3.05) is 6.61 Å². The maximum Gasteiger partial charge on any atom is 0.0994 e. The fourth-order valence-electron chi connectivity index (χ4n) is 1.73. The van der Waals surface area contributed by atoms with E-state index in [9.17, 15) is 0 Å². The molecular formula is C10H20N4O. The predicted octanol–water partition coefficient (Wildman–Crippen LogP) is 0.633. The van der Waals surface area contributed by atoms with Gasteiger partial charge in [-0.15, -0.1) is 5.10 Å². The van der Waals surface area contributed by atoms with Crippen molar-refractivity contribution in [1.29, 1.82) is 0 Å². The number of nitrogens with zero attached hydrogens (tertiary/aromatic N) is 3. The summed E-state index contributed by atoms with van der Waals surface area (Å²) in [5, 5.41) is 17.0. The Morgan fingerprint density at radius 3 is 2.80 bits per heavy atom. The van der Waals surface area contributed by atoms with Crippen LogP contribution in [0.25, 0.3) is 0 Å². The predicted molar refractivity (Wildman–Crippen MR) is 58.3 cm³/mol. The number of nitrogens with two attached hydrogens (primary N) is 1. The monoisotopic (exact) mass is 212 g/mol. The molecule has 0 amide bonds. The van der Waals surface area contributed by atoms with Gasteiger partial charge in [0.05, 0.1) is 17.4 Å². The first-order valence-electron chi connectivity index (χ1n) is 5.48. The summed E-state index contributed by atoms with van der Waals surface area (Å²) in [7, 11) is 0. The quantitative estimate of drug-likeness (QED) is 0.725. The number of aliphatic hydroxyl groups is 1. The van der Waals surface area contributed by atoms with Crippen molar-refractivity contribution in [2.24, 2.45) is 5.73 Å². The lowest BCUT2D eigenvalue weighted by molar-refractivity contribution is 0.269. The average molecular weight is 212 g/mol. The van der Waals surface area contributed by atoms with Gasteiger partial charge in [-0.05, 0) is 26.2 Å². The number of hydrogen-bond donors (Lipinski definition) is 2. The van der Waals surface area contributed by atoms with Gasteiger partial charge in [0.15, 0.2) is 0 Å². The molecule has 1 rings (SSSR count). The Kier molecular flexibility index (Phi) is 4.71. The third-order valence-corrected chi connectivity index (χ3v) is 2.60. The van der Waals surface area contributed by atoms with Crippen LogP contribution < -0.4 is 5.73 Å². The Morgan fingerprint density at radius 1 is 1.53 bits per heavy atom. The zero-order valence-corrected chi connectivity index (χ0v) is 9.48. The third kappa shape index (κ3) is 2.76. The Bertz CT molecular complexity index is 298. The summed E-state index contributed by atoms with van der Waals surface area (Å²) in [6.45, 7) is 4.83. The molecule has 5 heteroatoms. The summed E-state index contributed by atoms with van der Waals surface area (Å²) in [5.41, 5.74) is 7.58. The van der Waals surface area contributed by atoms with Crippen LogP contribution in [0.2, 0.25) is 0 Å². The first kappa shape index (κ1) is 12.1. The van der Waals surface area contributed by atoms with E-state index in [0.717, 1.165) is 30.7 Å². The van der Waals surface area contributed by atoms with E-state index in [0.29, 0.717) is 6.54 Å². The Balaban J connectivity index is 2.78. The molecule has 0 saturated heterocycles. The largest absolute Gasteiger partial charge is 0.396 e. The van der Waals surface area contributed by atoms with E-state index in [1.54, 1.807) is 0 Å². The molecule has 0 fully saturated rings. The highest BCUT2D eigenvalue weighted by atomic mass is 16.2. The molecule has 1 atom stereocenters. The maximum absolute atomic E-state index is 8.77. The van der Waals surface area contributed by atoms with Crippen LogP contribution in [0.15, 0.2) is 0 Å². The normalized spacial score (nSPS) is 13.1. The van der Waals surface area contributed by atoms with Crippen LogP contribution in [-0.2, 0) is 13.0 Å². The summed E-state index contributed by atoms with van der Waals surface area (Å²) in [6.07, 6.45) is 2.60. The molecule has 0 aromatic carbocycles. The lowest BCUT2D eigenvalue weighted by Crippen LogP contribution is -2.12. The zero-order valence-electron chi connectivity index (χ0n) is 9.48. The van der Waals surface area contributed by atoms with Crippen molar-refractivity contribution < 1.29 is 5.11 Å². The highest BCUT2D eigenvalue weighted by Crippen LogP contribution is 2.16. The zero-order chi connectivity index (χ0) is 11.3. The van der Waals surface area contributed by atoms with E-state index in [1.165, 1.54) is 0 Å². The van der Waals surface area contributed by atoms with Crippen LogP contribution in [-0.4, -0.2) is 26.7 Å². The smallest absolute Gasteiger partial charge is 0.0994 e. The molecule has 15 heavy (non-hydrogen) atoms. The first-order chi connectivity index (χ1) is 7.24. The average Bonchev–Trinajstić information content (AvgIpc) is 2.68. The maximum atomic E-state index is 8.77. The van der Waals surface area contributed by atoms with Gasteiger partial charge < -0.3 is 10.8 Å². The molecule has 0 spiro atoms. The fourth-order valence-corrected chi connectivity index (χ4v) is 1.73. The highest BCUT2D eigenvalue weighted by molar-refractivity contribution is 5.10. The molecule has 5 nitrogen and oxygen atoms in total. The van der Waals surface area contributed by atoms with E-state index < -0.39 is 0 Å². The van der Waals surface area contributed by atoms with Gasteiger partial charge in [0.25, 0.3) is 0 Å². The molecule has 1 aromatic rings. The van der Waals surface area contributed by atoms with E-state index in [4.69, 9.17) is 10.8 Å². The minimum Gasteiger partial charge on any atom is -0.396 e. The molecule has 1 unspecified atom stereocenters. The van der Waals surface area contributed by atoms with Gasteiger partial charge in [-0.25, -0.2) is 4.68 Å². The molecule has 3 N–H and O–H groups in total. The number of aromatic nitrogens is 3. The first-order valence-corrected chi connectivity index (χ1v) is 5.48. The molecule has 0 saturated carbocycles. The van der Waals surface area contributed by atoms with Gasteiger partial charge >= 0.3 is 0 Å². The molecular weight excluding hydrogens is 192 g/mol. The van der Waals surface area contributed by atoms with Crippen molar-refractivity contribution in [2.45, 2.75) is 45.7 Å². The lowest BCUT2D eigenvalue weighted by atomic mass is 10.1. The second-order valence-corrected chi connectivity index (χ2v) is 3.70. The lowest BCUT2D eigenvalue weighted by Gasteiger charge is -2.13. The van der Waals surface area contributed by atoms with Crippen LogP contribution in [0.4, 0.5) is 0 Å². The van der Waals surface area contributed by atoms with E-state index in [-0.39, 0.29) is 12.6 Å².